The lowest BCUT2D eigenvalue weighted by atomic mass is 10.3. The van der Waals surface area contributed by atoms with E-state index in [1.165, 1.54) is 6.33 Å². The molecule has 0 amide bonds. The molecular weight excluding hydrogens is 130 g/mol. The van der Waals surface area contributed by atoms with Crippen molar-refractivity contribution in [3.63, 3.8) is 0 Å². The highest BCUT2D eigenvalue weighted by Crippen LogP contribution is 2.04. The van der Waals surface area contributed by atoms with Crippen LogP contribution in [-0.2, 0) is 11.3 Å². The van der Waals surface area contributed by atoms with Gasteiger partial charge in [-0.1, -0.05) is 0 Å². The molecule has 0 saturated heterocycles. The monoisotopic (exact) mass is 139 g/mol. The molecule has 0 spiro atoms. The molecule has 1 heterocycles. The summed E-state index contributed by atoms with van der Waals surface area (Å²) >= 11 is 0. The predicted octanol–water partition coefficient (Wildman–Crippen LogP) is 0.205. The Morgan fingerprint density at radius 1 is 1.70 bits per heavy atom. The van der Waals surface area contributed by atoms with Gasteiger partial charge < -0.3 is 10.5 Å². The van der Waals surface area contributed by atoms with E-state index in [0.717, 1.165) is 5.56 Å². The highest BCUT2D eigenvalue weighted by molar-refractivity contribution is 5.35. The molecular formula is C6H9N3O. The van der Waals surface area contributed by atoms with Crippen LogP contribution >= 0.6 is 0 Å². The van der Waals surface area contributed by atoms with Gasteiger partial charge in [-0.05, 0) is 0 Å². The molecule has 1 aromatic rings. The van der Waals surface area contributed by atoms with Gasteiger partial charge in [-0.2, -0.15) is 0 Å². The van der Waals surface area contributed by atoms with Crippen LogP contribution < -0.4 is 5.73 Å². The van der Waals surface area contributed by atoms with Crippen molar-refractivity contribution in [2.24, 2.45) is 0 Å². The molecule has 1 rings (SSSR count). The minimum Gasteiger partial charge on any atom is -0.383 e. The van der Waals surface area contributed by atoms with Crippen molar-refractivity contribution in [2.75, 3.05) is 12.8 Å². The first-order chi connectivity index (χ1) is 4.84. The van der Waals surface area contributed by atoms with Gasteiger partial charge >= 0.3 is 0 Å². The van der Waals surface area contributed by atoms with Crippen LogP contribution in [0.15, 0.2) is 12.5 Å². The predicted molar refractivity (Wildman–Crippen MR) is 37.2 cm³/mol. The number of methoxy groups -OCH3 is 1. The maximum absolute atomic E-state index is 5.48. The maximum Gasteiger partial charge on any atom is 0.132 e. The molecule has 0 aliphatic carbocycles. The van der Waals surface area contributed by atoms with E-state index in [0.29, 0.717) is 12.4 Å². The standard InChI is InChI=1S/C6H9N3O/c1-10-3-5-2-8-4-9-6(5)7/h2,4H,3H2,1H3,(H2,7,8,9). The third-order valence-electron chi connectivity index (χ3n) is 1.12. The van der Waals surface area contributed by atoms with Crippen LogP contribution in [0, 0.1) is 0 Å². The van der Waals surface area contributed by atoms with E-state index in [2.05, 4.69) is 9.97 Å². The molecule has 0 aliphatic heterocycles. The molecule has 0 radical (unpaired) electrons. The van der Waals surface area contributed by atoms with Gasteiger partial charge in [0.15, 0.2) is 0 Å². The average molecular weight is 139 g/mol. The number of ether oxygens (including phenoxy) is 1. The number of rotatable bonds is 2. The lowest BCUT2D eigenvalue weighted by Crippen LogP contribution is -1.99. The van der Waals surface area contributed by atoms with Gasteiger partial charge in [0, 0.05) is 18.9 Å². The van der Waals surface area contributed by atoms with E-state index in [-0.39, 0.29) is 0 Å². The smallest absolute Gasteiger partial charge is 0.132 e. The topological polar surface area (TPSA) is 61.0 Å². The summed E-state index contributed by atoms with van der Waals surface area (Å²) in [5.41, 5.74) is 6.30. The summed E-state index contributed by atoms with van der Waals surface area (Å²) in [5, 5.41) is 0. The number of aromatic nitrogens is 2. The minimum absolute atomic E-state index is 0.465. The lowest BCUT2D eigenvalue weighted by molar-refractivity contribution is 0.185. The largest absolute Gasteiger partial charge is 0.383 e. The lowest BCUT2D eigenvalue weighted by Gasteiger charge is -1.99. The first-order valence-corrected chi connectivity index (χ1v) is 2.88. The van der Waals surface area contributed by atoms with E-state index in [9.17, 15) is 0 Å². The Morgan fingerprint density at radius 2 is 2.50 bits per heavy atom. The van der Waals surface area contributed by atoms with E-state index >= 15 is 0 Å². The number of hydrogen-bond acceptors (Lipinski definition) is 4. The summed E-state index contributed by atoms with van der Waals surface area (Å²) in [5.74, 6) is 0.483. The van der Waals surface area contributed by atoms with Crippen molar-refractivity contribution in [1.82, 2.24) is 9.97 Å². The summed E-state index contributed by atoms with van der Waals surface area (Å²) in [6, 6.07) is 0. The van der Waals surface area contributed by atoms with Crippen LogP contribution in [0.5, 0.6) is 0 Å². The first kappa shape index (κ1) is 6.95. The highest BCUT2D eigenvalue weighted by Gasteiger charge is 1.96. The van der Waals surface area contributed by atoms with E-state index in [4.69, 9.17) is 10.5 Å². The molecule has 0 aliphatic rings. The summed E-state index contributed by atoms with van der Waals surface area (Å²) in [7, 11) is 1.60. The Labute approximate surface area is 59.1 Å². The van der Waals surface area contributed by atoms with Crippen LogP contribution in [0.3, 0.4) is 0 Å². The Bertz CT molecular complexity index is 214. The SMILES string of the molecule is COCc1cncnc1N. The summed E-state index contributed by atoms with van der Waals surface area (Å²) in [4.78, 5) is 7.58. The van der Waals surface area contributed by atoms with Crippen molar-refractivity contribution < 1.29 is 4.74 Å². The first-order valence-electron chi connectivity index (χ1n) is 2.88. The van der Waals surface area contributed by atoms with E-state index in [1.807, 2.05) is 0 Å². The minimum atomic E-state index is 0.465. The van der Waals surface area contributed by atoms with Crippen LogP contribution in [0.4, 0.5) is 5.82 Å². The Hall–Kier alpha value is -1.16. The number of hydrogen-bond donors (Lipinski definition) is 1. The number of nitrogens with zero attached hydrogens (tertiary/aromatic N) is 2. The fraction of sp³-hybridized carbons (Fsp3) is 0.333. The molecule has 4 heteroatoms. The molecule has 0 fully saturated rings. The Morgan fingerprint density at radius 3 is 3.10 bits per heavy atom. The molecule has 0 unspecified atom stereocenters. The zero-order valence-corrected chi connectivity index (χ0v) is 5.74. The van der Waals surface area contributed by atoms with Gasteiger partial charge in [0.1, 0.15) is 12.1 Å². The van der Waals surface area contributed by atoms with Crippen LogP contribution in [0.1, 0.15) is 5.56 Å². The molecule has 4 nitrogen and oxygen atoms in total. The number of anilines is 1. The van der Waals surface area contributed by atoms with Crippen molar-refractivity contribution in [1.29, 1.82) is 0 Å². The fourth-order valence-corrected chi connectivity index (χ4v) is 0.635. The molecule has 2 N–H and O–H groups in total. The molecule has 1 aromatic heterocycles. The summed E-state index contributed by atoms with van der Waals surface area (Å²) in [6.07, 6.45) is 3.06. The summed E-state index contributed by atoms with van der Waals surface area (Å²) < 4.78 is 4.85. The second kappa shape index (κ2) is 3.12. The van der Waals surface area contributed by atoms with Crippen LogP contribution in [0.2, 0.25) is 0 Å². The summed E-state index contributed by atoms with van der Waals surface area (Å²) in [6.45, 7) is 0.465. The van der Waals surface area contributed by atoms with E-state index < -0.39 is 0 Å². The molecule has 0 saturated carbocycles. The third-order valence-corrected chi connectivity index (χ3v) is 1.12. The van der Waals surface area contributed by atoms with Crippen LogP contribution in [0.25, 0.3) is 0 Å². The molecule has 0 bridgehead atoms. The van der Waals surface area contributed by atoms with Crippen molar-refractivity contribution in [3.05, 3.63) is 18.1 Å². The normalized spacial score (nSPS) is 9.70. The quantitative estimate of drug-likeness (QED) is 0.636. The second-order valence-electron chi connectivity index (χ2n) is 1.87. The molecule has 0 aromatic carbocycles. The Kier molecular flexibility index (Phi) is 2.17. The zero-order chi connectivity index (χ0) is 7.40. The number of nitrogen functional groups attached to an aromatic ring is 1. The average Bonchev–Trinajstić information content (AvgIpc) is 1.94. The number of nitrogens with two attached hydrogens (primary N) is 1. The fourth-order valence-electron chi connectivity index (χ4n) is 0.635. The van der Waals surface area contributed by atoms with Gasteiger partial charge in [-0.25, -0.2) is 9.97 Å². The van der Waals surface area contributed by atoms with Crippen molar-refractivity contribution in [2.45, 2.75) is 6.61 Å². The second-order valence-corrected chi connectivity index (χ2v) is 1.87. The molecule has 10 heavy (non-hydrogen) atoms. The zero-order valence-electron chi connectivity index (χ0n) is 5.74. The molecule has 54 valence electrons. The van der Waals surface area contributed by atoms with Gasteiger partial charge in [0.25, 0.3) is 0 Å². The highest BCUT2D eigenvalue weighted by atomic mass is 16.5. The van der Waals surface area contributed by atoms with Gasteiger partial charge in [0.2, 0.25) is 0 Å². The van der Waals surface area contributed by atoms with Crippen molar-refractivity contribution in [3.8, 4) is 0 Å². The van der Waals surface area contributed by atoms with Crippen molar-refractivity contribution >= 4 is 5.82 Å². The van der Waals surface area contributed by atoms with Gasteiger partial charge in [-0.3, -0.25) is 0 Å². The van der Waals surface area contributed by atoms with Gasteiger partial charge in [0.05, 0.1) is 6.61 Å². The van der Waals surface area contributed by atoms with Crippen LogP contribution in [-0.4, -0.2) is 17.1 Å². The van der Waals surface area contributed by atoms with E-state index in [1.54, 1.807) is 13.3 Å². The Balaban J connectivity index is 2.81. The van der Waals surface area contributed by atoms with Gasteiger partial charge in [-0.15, -0.1) is 0 Å². The molecule has 0 atom stereocenters. The third kappa shape index (κ3) is 1.41. The maximum atomic E-state index is 5.48.